The van der Waals surface area contributed by atoms with E-state index in [0.29, 0.717) is 12.3 Å². The highest BCUT2D eigenvalue weighted by Crippen LogP contribution is 2.28. The zero-order valence-electron chi connectivity index (χ0n) is 12.5. The zero-order chi connectivity index (χ0) is 14.7. The van der Waals surface area contributed by atoms with Gasteiger partial charge in [0.2, 0.25) is 0 Å². The lowest BCUT2D eigenvalue weighted by Gasteiger charge is -2.15. The predicted molar refractivity (Wildman–Crippen MR) is 82.4 cm³/mol. The van der Waals surface area contributed by atoms with Crippen molar-refractivity contribution in [3.05, 3.63) is 52.6 Å². The molecule has 2 aromatic carbocycles. The largest absolute Gasteiger partial charge is 0.496 e. The van der Waals surface area contributed by atoms with Crippen LogP contribution in [-0.4, -0.2) is 7.11 Å². The van der Waals surface area contributed by atoms with E-state index in [1.807, 2.05) is 18.2 Å². The van der Waals surface area contributed by atoms with Crippen LogP contribution < -0.4 is 15.2 Å². The summed E-state index contributed by atoms with van der Waals surface area (Å²) in [5.41, 5.74) is 11.0. The quantitative estimate of drug-likeness (QED) is 0.861. The number of aryl methyl sites for hydroxylation is 2. The Morgan fingerprint density at radius 3 is 2.40 bits per heavy atom. The third-order valence-electron chi connectivity index (χ3n) is 3.56. The van der Waals surface area contributed by atoms with Crippen LogP contribution in [0.3, 0.4) is 0 Å². The topological polar surface area (TPSA) is 44.5 Å². The average molecular weight is 271 g/mol. The van der Waals surface area contributed by atoms with E-state index in [1.54, 1.807) is 7.11 Å². The molecule has 0 aromatic heterocycles. The lowest BCUT2D eigenvalue weighted by Crippen LogP contribution is -2.02. The van der Waals surface area contributed by atoms with E-state index >= 15 is 0 Å². The highest BCUT2D eigenvalue weighted by atomic mass is 16.5. The van der Waals surface area contributed by atoms with Gasteiger partial charge in [0.15, 0.2) is 0 Å². The highest BCUT2D eigenvalue weighted by Gasteiger charge is 2.09. The molecule has 3 nitrogen and oxygen atoms in total. The normalized spacial score (nSPS) is 10.4. The molecule has 0 amide bonds. The highest BCUT2D eigenvalue weighted by molar-refractivity contribution is 5.49. The van der Waals surface area contributed by atoms with Gasteiger partial charge in [-0.3, -0.25) is 0 Å². The summed E-state index contributed by atoms with van der Waals surface area (Å²) in [6.07, 6.45) is 0. The van der Waals surface area contributed by atoms with Crippen molar-refractivity contribution in [2.75, 3.05) is 12.8 Å². The van der Waals surface area contributed by atoms with Crippen LogP contribution in [0.4, 0.5) is 5.69 Å². The first-order valence-corrected chi connectivity index (χ1v) is 6.65. The van der Waals surface area contributed by atoms with Gasteiger partial charge in [0.25, 0.3) is 0 Å². The fraction of sp³-hybridized carbons (Fsp3) is 0.294. The summed E-state index contributed by atoms with van der Waals surface area (Å²) in [6, 6.07) is 9.81. The molecular formula is C17H21NO2. The van der Waals surface area contributed by atoms with E-state index in [4.69, 9.17) is 15.2 Å². The summed E-state index contributed by atoms with van der Waals surface area (Å²) in [6.45, 7) is 6.69. The molecule has 0 aliphatic rings. The smallest absolute Gasteiger partial charge is 0.127 e. The minimum atomic E-state index is 0.467. The molecule has 3 heteroatoms. The standard InChI is InChI=1S/C17H21NO2/c1-11-5-6-12(2)17(13(11)3)20-10-14-7-8-15(18)9-16(14)19-4/h5-9H,10,18H2,1-4H3. The third-order valence-corrected chi connectivity index (χ3v) is 3.56. The van der Waals surface area contributed by atoms with Crippen LogP contribution in [0.5, 0.6) is 11.5 Å². The van der Waals surface area contributed by atoms with Crippen molar-refractivity contribution in [2.24, 2.45) is 0 Å². The summed E-state index contributed by atoms with van der Waals surface area (Å²) in [5, 5.41) is 0. The molecule has 0 radical (unpaired) electrons. The Hall–Kier alpha value is -2.16. The van der Waals surface area contributed by atoms with Crippen molar-refractivity contribution in [1.82, 2.24) is 0 Å². The van der Waals surface area contributed by atoms with Crippen LogP contribution in [0, 0.1) is 20.8 Å². The Kier molecular flexibility index (Phi) is 4.18. The molecule has 106 valence electrons. The second-order valence-electron chi connectivity index (χ2n) is 5.01. The number of hydrogen-bond donors (Lipinski definition) is 1. The average Bonchev–Trinajstić information content (AvgIpc) is 2.44. The van der Waals surface area contributed by atoms with Crippen LogP contribution in [0.1, 0.15) is 22.3 Å². The van der Waals surface area contributed by atoms with Crippen LogP contribution in [-0.2, 0) is 6.61 Å². The summed E-state index contributed by atoms with van der Waals surface area (Å²) in [7, 11) is 1.64. The molecule has 0 aliphatic heterocycles. The van der Waals surface area contributed by atoms with Crippen LogP contribution in [0.2, 0.25) is 0 Å². The molecule has 2 N–H and O–H groups in total. The first-order chi connectivity index (χ1) is 9.52. The van der Waals surface area contributed by atoms with Crippen LogP contribution in [0.15, 0.2) is 30.3 Å². The number of anilines is 1. The van der Waals surface area contributed by atoms with Gasteiger partial charge in [-0.05, 0) is 49.6 Å². The fourth-order valence-electron chi connectivity index (χ4n) is 2.18. The van der Waals surface area contributed by atoms with E-state index in [0.717, 1.165) is 22.6 Å². The van der Waals surface area contributed by atoms with Gasteiger partial charge in [-0.2, -0.15) is 0 Å². The minimum Gasteiger partial charge on any atom is -0.496 e. The van der Waals surface area contributed by atoms with Crippen LogP contribution in [0.25, 0.3) is 0 Å². The SMILES string of the molecule is COc1cc(N)ccc1COc1c(C)ccc(C)c1C. The van der Waals surface area contributed by atoms with Gasteiger partial charge in [-0.25, -0.2) is 0 Å². The molecule has 0 spiro atoms. The molecule has 20 heavy (non-hydrogen) atoms. The predicted octanol–water partition coefficient (Wildman–Crippen LogP) is 3.78. The second kappa shape index (κ2) is 5.87. The number of benzene rings is 2. The van der Waals surface area contributed by atoms with E-state index in [1.165, 1.54) is 11.1 Å². The summed E-state index contributed by atoms with van der Waals surface area (Å²) >= 11 is 0. The summed E-state index contributed by atoms with van der Waals surface area (Å²) in [5.74, 6) is 1.71. The number of ether oxygens (including phenoxy) is 2. The minimum absolute atomic E-state index is 0.467. The van der Waals surface area contributed by atoms with Crippen molar-refractivity contribution in [3.8, 4) is 11.5 Å². The van der Waals surface area contributed by atoms with Crippen molar-refractivity contribution >= 4 is 5.69 Å². The van der Waals surface area contributed by atoms with Gasteiger partial charge in [0, 0.05) is 17.3 Å². The van der Waals surface area contributed by atoms with Crippen molar-refractivity contribution in [3.63, 3.8) is 0 Å². The molecule has 0 aliphatic carbocycles. The van der Waals surface area contributed by atoms with Gasteiger partial charge in [-0.1, -0.05) is 12.1 Å². The molecule has 0 saturated heterocycles. The number of nitrogen functional groups attached to an aromatic ring is 1. The number of methoxy groups -OCH3 is 1. The van der Waals surface area contributed by atoms with Gasteiger partial charge in [-0.15, -0.1) is 0 Å². The van der Waals surface area contributed by atoms with Crippen molar-refractivity contribution < 1.29 is 9.47 Å². The maximum atomic E-state index is 6.00. The fourth-order valence-corrected chi connectivity index (χ4v) is 2.18. The second-order valence-corrected chi connectivity index (χ2v) is 5.01. The molecule has 0 unspecified atom stereocenters. The van der Waals surface area contributed by atoms with E-state index in [-0.39, 0.29) is 0 Å². The maximum absolute atomic E-state index is 6.00. The molecule has 2 rings (SSSR count). The Morgan fingerprint density at radius 1 is 1.00 bits per heavy atom. The monoisotopic (exact) mass is 271 g/mol. The lowest BCUT2D eigenvalue weighted by molar-refractivity contribution is 0.293. The van der Waals surface area contributed by atoms with Gasteiger partial charge >= 0.3 is 0 Å². The molecule has 0 fully saturated rings. The van der Waals surface area contributed by atoms with Crippen molar-refractivity contribution in [2.45, 2.75) is 27.4 Å². The summed E-state index contributed by atoms with van der Waals surface area (Å²) in [4.78, 5) is 0. The van der Waals surface area contributed by atoms with E-state index in [2.05, 4.69) is 32.9 Å². The first-order valence-electron chi connectivity index (χ1n) is 6.65. The molecular weight excluding hydrogens is 250 g/mol. The third kappa shape index (κ3) is 2.87. The first kappa shape index (κ1) is 14.3. The zero-order valence-corrected chi connectivity index (χ0v) is 12.5. The number of nitrogens with two attached hydrogens (primary N) is 1. The molecule has 0 atom stereocenters. The van der Waals surface area contributed by atoms with E-state index < -0.39 is 0 Å². The molecule has 0 heterocycles. The Morgan fingerprint density at radius 2 is 1.70 bits per heavy atom. The van der Waals surface area contributed by atoms with Crippen molar-refractivity contribution in [1.29, 1.82) is 0 Å². The Balaban J connectivity index is 2.23. The Labute approximate surface area is 120 Å². The lowest BCUT2D eigenvalue weighted by atomic mass is 10.1. The Bertz CT molecular complexity index is 621. The van der Waals surface area contributed by atoms with E-state index in [9.17, 15) is 0 Å². The number of rotatable bonds is 4. The van der Waals surface area contributed by atoms with Gasteiger partial charge in [0.05, 0.1) is 7.11 Å². The summed E-state index contributed by atoms with van der Waals surface area (Å²) < 4.78 is 11.3. The van der Waals surface area contributed by atoms with Crippen LogP contribution >= 0.6 is 0 Å². The van der Waals surface area contributed by atoms with Gasteiger partial charge < -0.3 is 15.2 Å². The molecule has 2 aromatic rings. The van der Waals surface area contributed by atoms with Gasteiger partial charge in [0.1, 0.15) is 18.1 Å². The maximum Gasteiger partial charge on any atom is 0.127 e. The number of hydrogen-bond acceptors (Lipinski definition) is 3. The molecule has 0 saturated carbocycles. The molecule has 0 bridgehead atoms.